The van der Waals surface area contributed by atoms with Gasteiger partial charge in [0.05, 0.1) is 5.52 Å². The number of nitrogens with zero attached hydrogens (tertiary/aromatic N) is 1. The predicted molar refractivity (Wildman–Crippen MR) is 87.1 cm³/mol. The molecular formula is C16H21BrN2. The Kier molecular flexibility index (Phi) is 4.46. The van der Waals surface area contributed by atoms with Crippen LogP contribution in [0, 0.1) is 13.8 Å². The molecule has 1 heterocycles. The van der Waals surface area contributed by atoms with Crippen LogP contribution in [0.1, 0.15) is 37.1 Å². The molecule has 0 bridgehead atoms. The van der Waals surface area contributed by atoms with Gasteiger partial charge in [-0.2, -0.15) is 0 Å². The average Bonchev–Trinajstić information content (AvgIpc) is 2.41. The molecular weight excluding hydrogens is 300 g/mol. The molecule has 0 radical (unpaired) electrons. The monoisotopic (exact) mass is 320 g/mol. The first-order valence-corrected chi connectivity index (χ1v) is 7.71. The lowest BCUT2D eigenvalue weighted by atomic mass is 10.0. The highest BCUT2D eigenvalue weighted by atomic mass is 79.9. The number of aryl methyl sites for hydroxylation is 2. The van der Waals surface area contributed by atoms with Gasteiger partial charge in [-0.3, -0.25) is 4.98 Å². The van der Waals surface area contributed by atoms with Crippen LogP contribution in [0.3, 0.4) is 0 Å². The maximum atomic E-state index is 4.85. The lowest BCUT2D eigenvalue weighted by Gasteiger charge is -2.17. The van der Waals surface area contributed by atoms with Crippen LogP contribution in [0.25, 0.3) is 10.9 Å². The van der Waals surface area contributed by atoms with Crippen molar-refractivity contribution in [1.29, 1.82) is 0 Å². The fourth-order valence-corrected chi connectivity index (χ4v) is 2.94. The molecule has 102 valence electrons. The average molecular weight is 321 g/mol. The summed E-state index contributed by atoms with van der Waals surface area (Å²) in [5, 5.41) is 4.79. The Morgan fingerprint density at radius 1 is 1.21 bits per heavy atom. The van der Waals surface area contributed by atoms with Crippen molar-refractivity contribution < 1.29 is 0 Å². The van der Waals surface area contributed by atoms with Crippen LogP contribution in [0.15, 0.2) is 16.6 Å². The van der Waals surface area contributed by atoms with E-state index in [-0.39, 0.29) is 0 Å². The maximum absolute atomic E-state index is 4.85. The third-order valence-corrected chi connectivity index (χ3v) is 4.18. The fourth-order valence-electron chi connectivity index (χ4n) is 2.42. The Morgan fingerprint density at radius 3 is 2.58 bits per heavy atom. The van der Waals surface area contributed by atoms with E-state index in [2.05, 4.69) is 61.1 Å². The summed E-state index contributed by atoms with van der Waals surface area (Å²) in [4.78, 5) is 4.85. The van der Waals surface area contributed by atoms with Crippen LogP contribution < -0.4 is 5.32 Å². The lowest BCUT2D eigenvalue weighted by molar-refractivity contribution is 0.969. The molecule has 2 aromatic rings. The van der Waals surface area contributed by atoms with Crippen LogP contribution in [0.5, 0.6) is 0 Å². The highest BCUT2D eigenvalue weighted by Gasteiger charge is 2.14. The second-order valence-corrected chi connectivity index (χ2v) is 5.78. The number of anilines is 1. The minimum absolute atomic E-state index is 0.967. The van der Waals surface area contributed by atoms with E-state index in [0.717, 1.165) is 29.4 Å². The van der Waals surface area contributed by atoms with Crippen molar-refractivity contribution in [1.82, 2.24) is 4.98 Å². The molecule has 0 fully saturated rings. The summed E-state index contributed by atoms with van der Waals surface area (Å²) in [7, 11) is 0. The van der Waals surface area contributed by atoms with Crippen LogP contribution in [0.2, 0.25) is 0 Å². The minimum atomic E-state index is 0.967. The third kappa shape index (κ3) is 2.62. The number of aromatic nitrogens is 1. The second kappa shape index (κ2) is 5.91. The normalized spacial score (nSPS) is 11.0. The van der Waals surface area contributed by atoms with E-state index < -0.39 is 0 Å². The van der Waals surface area contributed by atoms with E-state index in [4.69, 9.17) is 4.98 Å². The van der Waals surface area contributed by atoms with E-state index in [1.165, 1.54) is 27.9 Å². The van der Waals surface area contributed by atoms with E-state index in [1.54, 1.807) is 0 Å². The van der Waals surface area contributed by atoms with Crippen LogP contribution in [0.4, 0.5) is 5.69 Å². The molecule has 0 saturated carbocycles. The first-order chi connectivity index (χ1) is 9.10. The summed E-state index contributed by atoms with van der Waals surface area (Å²) in [5.74, 6) is 0. The summed E-state index contributed by atoms with van der Waals surface area (Å²) < 4.78 is 1.12. The van der Waals surface area contributed by atoms with Crippen LogP contribution >= 0.6 is 15.9 Å². The molecule has 2 nitrogen and oxygen atoms in total. The number of rotatable bonds is 4. The van der Waals surface area contributed by atoms with Crippen molar-refractivity contribution >= 4 is 32.5 Å². The lowest BCUT2D eigenvalue weighted by Crippen LogP contribution is -2.06. The summed E-state index contributed by atoms with van der Waals surface area (Å²) in [6.07, 6.45) is 2.09. The molecule has 0 aliphatic carbocycles. The highest BCUT2D eigenvalue weighted by molar-refractivity contribution is 9.10. The predicted octanol–water partition coefficient (Wildman–Crippen LogP) is 5.00. The Hall–Kier alpha value is -1.09. The number of fused-ring (bicyclic) bond motifs is 1. The van der Waals surface area contributed by atoms with Gasteiger partial charge in [0.2, 0.25) is 0 Å². The summed E-state index contributed by atoms with van der Waals surface area (Å²) in [5.41, 5.74) is 6.03. The molecule has 1 N–H and O–H groups in total. The Morgan fingerprint density at radius 2 is 1.95 bits per heavy atom. The maximum Gasteiger partial charge on any atom is 0.0766 e. The summed E-state index contributed by atoms with van der Waals surface area (Å²) >= 11 is 3.67. The standard InChI is InChI=1S/C16H21BrN2/c1-5-9-18-16-11(4)13(6-2)19-15-10(3)7-8-12(17)14(15)16/h7-8H,5-6,9H2,1-4H3,(H,18,19). The molecule has 0 atom stereocenters. The molecule has 0 aliphatic heterocycles. The largest absolute Gasteiger partial charge is 0.384 e. The molecule has 0 saturated heterocycles. The number of benzene rings is 1. The molecule has 0 amide bonds. The number of halogens is 1. The zero-order valence-electron chi connectivity index (χ0n) is 12.1. The van der Waals surface area contributed by atoms with Crippen molar-refractivity contribution in [2.45, 2.75) is 40.5 Å². The van der Waals surface area contributed by atoms with Gasteiger partial charge in [-0.1, -0.05) is 35.8 Å². The van der Waals surface area contributed by atoms with Crippen LogP contribution in [-0.4, -0.2) is 11.5 Å². The van der Waals surface area contributed by atoms with Crippen molar-refractivity contribution in [3.05, 3.63) is 33.4 Å². The van der Waals surface area contributed by atoms with Gasteiger partial charge < -0.3 is 5.32 Å². The third-order valence-electron chi connectivity index (χ3n) is 3.52. The van der Waals surface area contributed by atoms with Crippen molar-refractivity contribution in [2.75, 3.05) is 11.9 Å². The van der Waals surface area contributed by atoms with E-state index in [1.807, 2.05) is 0 Å². The summed E-state index contributed by atoms with van der Waals surface area (Å²) in [6, 6.07) is 4.24. The number of pyridine rings is 1. The Bertz CT molecular complexity index is 605. The smallest absolute Gasteiger partial charge is 0.0766 e. The SMILES string of the molecule is CCCNc1c(C)c(CC)nc2c(C)ccc(Br)c12. The van der Waals surface area contributed by atoms with Crippen molar-refractivity contribution in [2.24, 2.45) is 0 Å². The van der Waals surface area contributed by atoms with Gasteiger partial charge in [0, 0.05) is 27.8 Å². The van der Waals surface area contributed by atoms with Crippen molar-refractivity contribution in [3.8, 4) is 0 Å². The quantitative estimate of drug-likeness (QED) is 0.857. The molecule has 3 heteroatoms. The number of nitrogens with one attached hydrogen (secondary N) is 1. The number of hydrogen-bond acceptors (Lipinski definition) is 2. The molecule has 2 rings (SSSR count). The fraction of sp³-hybridized carbons (Fsp3) is 0.438. The molecule has 1 aromatic carbocycles. The van der Waals surface area contributed by atoms with Gasteiger partial charge in [-0.05, 0) is 43.9 Å². The van der Waals surface area contributed by atoms with Gasteiger partial charge in [0.15, 0.2) is 0 Å². The first kappa shape index (κ1) is 14.3. The molecule has 1 aromatic heterocycles. The van der Waals surface area contributed by atoms with Gasteiger partial charge in [-0.25, -0.2) is 0 Å². The molecule has 0 unspecified atom stereocenters. The molecule has 0 aliphatic rings. The topological polar surface area (TPSA) is 24.9 Å². The Balaban J connectivity index is 2.79. The first-order valence-electron chi connectivity index (χ1n) is 6.92. The van der Waals surface area contributed by atoms with Gasteiger partial charge in [0.1, 0.15) is 0 Å². The van der Waals surface area contributed by atoms with Crippen LogP contribution in [-0.2, 0) is 6.42 Å². The minimum Gasteiger partial charge on any atom is -0.384 e. The van der Waals surface area contributed by atoms with Gasteiger partial charge >= 0.3 is 0 Å². The summed E-state index contributed by atoms with van der Waals surface area (Å²) in [6.45, 7) is 9.63. The molecule has 0 spiro atoms. The number of hydrogen-bond donors (Lipinski definition) is 1. The van der Waals surface area contributed by atoms with E-state index in [9.17, 15) is 0 Å². The molecule has 19 heavy (non-hydrogen) atoms. The zero-order chi connectivity index (χ0) is 14.0. The van der Waals surface area contributed by atoms with E-state index >= 15 is 0 Å². The van der Waals surface area contributed by atoms with Gasteiger partial charge in [0.25, 0.3) is 0 Å². The van der Waals surface area contributed by atoms with Gasteiger partial charge in [-0.15, -0.1) is 0 Å². The van der Waals surface area contributed by atoms with Crippen molar-refractivity contribution in [3.63, 3.8) is 0 Å². The zero-order valence-corrected chi connectivity index (χ0v) is 13.7. The second-order valence-electron chi connectivity index (χ2n) is 4.93. The Labute approximate surface area is 123 Å². The van der Waals surface area contributed by atoms with E-state index in [0.29, 0.717) is 0 Å². The highest BCUT2D eigenvalue weighted by Crippen LogP contribution is 2.35.